The molecule has 5 heteroatoms. The van der Waals surface area contributed by atoms with Gasteiger partial charge >= 0.3 is 0 Å². The number of aromatic hydroxyl groups is 1. The molecule has 0 spiro atoms. The van der Waals surface area contributed by atoms with E-state index >= 15 is 0 Å². The highest BCUT2D eigenvalue weighted by molar-refractivity contribution is 9.10. The highest BCUT2D eigenvalue weighted by Crippen LogP contribution is 2.25. The molecule has 0 radical (unpaired) electrons. The van der Waals surface area contributed by atoms with Gasteiger partial charge < -0.3 is 9.84 Å². The van der Waals surface area contributed by atoms with Gasteiger partial charge in [-0.2, -0.15) is 0 Å². The van der Waals surface area contributed by atoms with Gasteiger partial charge in [0.1, 0.15) is 11.3 Å². The largest absolute Gasteiger partial charge is 0.507 e. The molecule has 0 saturated carbocycles. The molecule has 1 heterocycles. The molecule has 2 aromatic rings. The zero-order chi connectivity index (χ0) is 14.5. The minimum absolute atomic E-state index is 0.0587. The van der Waals surface area contributed by atoms with Gasteiger partial charge in [0.25, 0.3) is 0 Å². The summed E-state index contributed by atoms with van der Waals surface area (Å²) in [5.41, 5.74) is 0.937. The maximum absolute atomic E-state index is 12.1. The second-order valence-corrected chi connectivity index (χ2v) is 4.88. The Labute approximate surface area is 124 Å². The summed E-state index contributed by atoms with van der Waals surface area (Å²) in [6.45, 7) is 0. The summed E-state index contributed by atoms with van der Waals surface area (Å²) in [5.74, 6) is -0.409. The molecule has 0 aliphatic rings. The van der Waals surface area contributed by atoms with Crippen LogP contribution in [-0.2, 0) is 0 Å². The highest BCUT2D eigenvalue weighted by atomic mass is 79.9. The van der Waals surface area contributed by atoms with Crippen molar-refractivity contribution in [2.24, 2.45) is 0 Å². The van der Waals surface area contributed by atoms with E-state index in [1.54, 1.807) is 6.08 Å². The predicted molar refractivity (Wildman–Crippen MR) is 80.0 cm³/mol. The molecule has 0 unspecified atom stereocenters. The van der Waals surface area contributed by atoms with E-state index in [0.29, 0.717) is 0 Å². The van der Waals surface area contributed by atoms with Crippen molar-refractivity contribution in [2.75, 3.05) is 7.11 Å². The molecule has 20 heavy (non-hydrogen) atoms. The Hall–Kier alpha value is -2.14. The van der Waals surface area contributed by atoms with Gasteiger partial charge in [-0.25, -0.2) is 4.98 Å². The first kappa shape index (κ1) is 14.3. The zero-order valence-electron chi connectivity index (χ0n) is 10.7. The molecular formula is C15H12BrNO3. The predicted octanol–water partition coefficient (Wildman–Crippen LogP) is 3.45. The SMILES string of the molecule is COc1nccc(O)c1C(=O)C=Cc1ccc(Br)cc1. The van der Waals surface area contributed by atoms with E-state index in [2.05, 4.69) is 20.9 Å². The number of methoxy groups -OCH3 is 1. The lowest BCUT2D eigenvalue weighted by molar-refractivity contribution is 0.104. The van der Waals surface area contributed by atoms with Gasteiger partial charge in [0, 0.05) is 10.7 Å². The van der Waals surface area contributed by atoms with Gasteiger partial charge in [-0.1, -0.05) is 34.1 Å². The van der Waals surface area contributed by atoms with Crippen LogP contribution in [0.4, 0.5) is 0 Å². The quantitative estimate of drug-likeness (QED) is 0.687. The van der Waals surface area contributed by atoms with E-state index in [1.165, 1.54) is 25.4 Å². The summed E-state index contributed by atoms with van der Waals surface area (Å²) in [6, 6.07) is 8.85. The van der Waals surface area contributed by atoms with Gasteiger partial charge in [0.15, 0.2) is 5.78 Å². The second kappa shape index (κ2) is 6.34. The van der Waals surface area contributed by atoms with Crippen molar-refractivity contribution in [3.05, 3.63) is 58.2 Å². The summed E-state index contributed by atoms with van der Waals surface area (Å²) in [7, 11) is 1.40. The molecule has 0 aliphatic heterocycles. The Bertz CT molecular complexity index is 651. The van der Waals surface area contributed by atoms with Crippen LogP contribution in [0.1, 0.15) is 15.9 Å². The monoisotopic (exact) mass is 333 g/mol. The Morgan fingerprint density at radius 2 is 2.00 bits per heavy atom. The normalized spacial score (nSPS) is 10.7. The van der Waals surface area contributed by atoms with Gasteiger partial charge in [-0.3, -0.25) is 4.79 Å². The Morgan fingerprint density at radius 1 is 1.30 bits per heavy atom. The number of nitrogens with zero attached hydrogens (tertiary/aromatic N) is 1. The number of halogens is 1. The van der Waals surface area contributed by atoms with Crippen molar-refractivity contribution in [3.63, 3.8) is 0 Å². The van der Waals surface area contributed by atoms with Crippen molar-refractivity contribution in [1.82, 2.24) is 4.98 Å². The molecule has 102 valence electrons. The topological polar surface area (TPSA) is 59.4 Å². The third kappa shape index (κ3) is 3.24. The van der Waals surface area contributed by atoms with Crippen LogP contribution in [0.25, 0.3) is 6.08 Å². The standard InChI is InChI=1S/C15H12BrNO3/c1-20-15-14(13(19)8-9-17-15)12(18)7-4-10-2-5-11(16)6-3-10/h2-9H,1H3,(H,17,19). The van der Waals surface area contributed by atoms with Crippen LogP contribution >= 0.6 is 15.9 Å². The molecule has 1 aromatic carbocycles. The number of benzene rings is 1. The van der Waals surface area contributed by atoms with Crippen LogP contribution in [0, 0.1) is 0 Å². The number of hydrogen-bond donors (Lipinski definition) is 1. The number of hydrogen-bond acceptors (Lipinski definition) is 4. The van der Waals surface area contributed by atoms with Crippen molar-refractivity contribution in [1.29, 1.82) is 0 Å². The fourth-order valence-corrected chi connectivity index (χ4v) is 1.91. The van der Waals surface area contributed by atoms with Gasteiger partial charge in [0.2, 0.25) is 5.88 Å². The van der Waals surface area contributed by atoms with Crippen LogP contribution < -0.4 is 4.74 Å². The van der Waals surface area contributed by atoms with Crippen molar-refractivity contribution in [2.45, 2.75) is 0 Å². The molecule has 0 fully saturated rings. The van der Waals surface area contributed by atoms with Crippen molar-refractivity contribution >= 4 is 27.8 Å². The van der Waals surface area contributed by atoms with Crippen LogP contribution in [0.5, 0.6) is 11.6 Å². The van der Waals surface area contributed by atoms with Crippen LogP contribution in [0.2, 0.25) is 0 Å². The van der Waals surface area contributed by atoms with Gasteiger partial charge in [0.05, 0.1) is 7.11 Å². The van der Waals surface area contributed by atoms with Gasteiger partial charge in [-0.05, 0) is 29.8 Å². The first-order valence-corrected chi connectivity index (χ1v) is 6.61. The molecule has 0 amide bonds. The first-order valence-electron chi connectivity index (χ1n) is 5.81. The fraction of sp³-hybridized carbons (Fsp3) is 0.0667. The number of carbonyl (C=O) groups excluding carboxylic acids is 1. The lowest BCUT2D eigenvalue weighted by Gasteiger charge is -2.05. The van der Waals surface area contributed by atoms with Gasteiger partial charge in [-0.15, -0.1) is 0 Å². The summed E-state index contributed by atoms with van der Waals surface area (Å²) < 4.78 is 5.95. The number of pyridine rings is 1. The number of aromatic nitrogens is 1. The third-order valence-corrected chi connectivity index (χ3v) is 3.16. The zero-order valence-corrected chi connectivity index (χ0v) is 12.3. The molecule has 0 atom stereocenters. The van der Waals surface area contributed by atoms with E-state index in [-0.39, 0.29) is 23.0 Å². The van der Waals surface area contributed by atoms with E-state index < -0.39 is 0 Å². The number of rotatable bonds is 4. The van der Waals surface area contributed by atoms with Crippen LogP contribution in [0.3, 0.4) is 0 Å². The number of ketones is 1. The van der Waals surface area contributed by atoms with E-state index in [4.69, 9.17) is 4.74 Å². The summed E-state index contributed by atoms with van der Waals surface area (Å²) >= 11 is 3.34. The maximum atomic E-state index is 12.1. The minimum atomic E-state index is -0.365. The summed E-state index contributed by atoms with van der Waals surface area (Å²) in [6.07, 6.45) is 4.42. The Balaban J connectivity index is 2.26. The molecular weight excluding hydrogens is 322 g/mol. The molecule has 2 rings (SSSR count). The first-order chi connectivity index (χ1) is 9.61. The Kier molecular flexibility index (Phi) is 4.53. The lowest BCUT2D eigenvalue weighted by Crippen LogP contribution is -2.01. The van der Waals surface area contributed by atoms with Crippen molar-refractivity contribution < 1.29 is 14.6 Å². The average molecular weight is 334 g/mol. The second-order valence-electron chi connectivity index (χ2n) is 3.96. The van der Waals surface area contributed by atoms with Crippen molar-refractivity contribution in [3.8, 4) is 11.6 Å². The minimum Gasteiger partial charge on any atom is -0.507 e. The smallest absolute Gasteiger partial charge is 0.228 e. The molecule has 0 saturated heterocycles. The molecule has 1 aromatic heterocycles. The lowest BCUT2D eigenvalue weighted by atomic mass is 10.1. The van der Waals surface area contributed by atoms with E-state index in [9.17, 15) is 9.90 Å². The summed E-state index contributed by atoms with van der Waals surface area (Å²) in [4.78, 5) is 16.0. The summed E-state index contributed by atoms with van der Waals surface area (Å²) in [5, 5.41) is 9.75. The van der Waals surface area contributed by atoms with Crippen LogP contribution in [-0.4, -0.2) is 23.0 Å². The molecule has 1 N–H and O–H groups in total. The fourth-order valence-electron chi connectivity index (χ4n) is 1.65. The Morgan fingerprint density at radius 3 is 2.65 bits per heavy atom. The number of carbonyl (C=O) groups is 1. The molecule has 0 aliphatic carbocycles. The van der Waals surface area contributed by atoms with Crippen LogP contribution in [0.15, 0.2) is 47.1 Å². The van der Waals surface area contributed by atoms with E-state index in [0.717, 1.165) is 10.0 Å². The third-order valence-electron chi connectivity index (χ3n) is 2.63. The number of allylic oxidation sites excluding steroid dienone is 1. The number of ether oxygens (including phenoxy) is 1. The molecule has 4 nitrogen and oxygen atoms in total. The molecule has 0 bridgehead atoms. The maximum Gasteiger partial charge on any atom is 0.228 e. The van der Waals surface area contributed by atoms with E-state index in [1.807, 2.05) is 24.3 Å². The average Bonchev–Trinajstić information content (AvgIpc) is 2.46. The highest BCUT2D eigenvalue weighted by Gasteiger charge is 2.15.